The van der Waals surface area contributed by atoms with Gasteiger partial charge in [0, 0.05) is 4.83 Å². The first kappa shape index (κ1) is 9.44. The van der Waals surface area contributed by atoms with E-state index in [0.717, 1.165) is 12.8 Å². The molecule has 0 aromatic carbocycles. The molecule has 8 heavy (non-hydrogen) atoms. The molecule has 0 rings (SSSR count). The van der Waals surface area contributed by atoms with E-state index in [1.807, 2.05) is 0 Å². The highest BCUT2D eigenvalue weighted by Crippen LogP contribution is 2.20. The molecule has 0 bridgehead atoms. The van der Waals surface area contributed by atoms with Gasteiger partial charge in [0.05, 0.1) is 3.74 Å². The van der Waals surface area contributed by atoms with Crippen LogP contribution in [0.4, 0.5) is 0 Å². The standard InChI is InChI=1S/C5H8Br3/c1-2-4(6)3-5(7)8/h4-5H,1-3H2. The highest BCUT2D eigenvalue weighted by atomic mass is 79.9. The average Bonchev–Trinajstić information content (AvgIpc) is 1.65. The molecule has 0 aliphatic carbocycles. The summed E-state index contributed by atoms with van der Waals surface area (Å²) in [5.41, 5.74) is 0. The van der Waals surface area contributed by atoms with E-state index in [2.05, 4.69) is 54.7 Å². The fourth-order valence-electron chi connectivity index (χ4n) is 0.311. The van der Waals surface area contributed by atoms with Crippen molar-refractivity contribution in [2.75, 3.05) is 0 Å². The molecule has 0 aromatic heterocycles. The summed E-state index contributed by atoms with van der Waals surface area (Å²) in [5, 5.41) is 0. The summed E-state index contributed by atoms with van der Waals surface area (Å²) in [6.45, 7) is 3.75. The van der Waals surface area contributed by atoms with E-state index >= 15 is 0 Å². The first-order valence-electron chi connectivity index (χ1n) is 2.38. The van der Waals surface area contributed by atoms with Gasteiger partial charge >= 0.3 is 0 Å². The van der Waals surface area contributed by atoms with Gasteiger partial charge in [-0.25, -0.2) is 0 Å². The van der Waals surface area contributed by atoms with E-state index < -0.39 is 0 Å². The molecule has 0 fully saturated rings. The Kier molecular flexibility index (Phi) is 6.19. The maximum atomic E-state index is 3.75. The summed E-state index contributed by atoms with van der Waals surface area (Å²) < 4.78 is 0.418. The smallest absolute Gasteiger partial charge is 0.0708 e. The van der Waals surface area contributed by atoms with Crippen LogP contribution < -0.4 is 0 Å². The van der Waals surface area contributed by atoms with Gasteiger partial charge in [0.25, 0.3) is 0 Å². The van der Waals surface area contributed by atoms with E-state index in [1.165, 1.54) is 0 Å². The zero-order chi connectivity index (χ0) is 6.57. The minimum Gasteiger partial charge on any atom is -0.0890 e. The second-order valence-electron chi connectivity index (χ2n) is 1.51. The summed E-state index contributed by atoms with van der Waals surface area (Å²) in [6, 6.07) is 0. The predicted molar refractivity (Wildman–Crippen MR) is 48.9 cm³/mol. The third-order valence-corrected chi connectivity index (χ3v) is 2.33. The highest BCUT2D eigenvalue weighted by molar-refractivity contribution is 9.24. The Bertz CT molecular complexity index is 53.6. The van der Waals surface area contributed by atoms with E-state index in [1.54, 1.807) is 0 Å². The Labute approximate surface area is 75.8 Å². The van der Waals surface area contributed by atoms with Crippen LogP contribution in [0.5, 0.6) is 0 Å². The molecule has 0 spiro atoms. The molecule has 0 aromatic rings. The Hall–Kier alpha value is 1.44. The van der Waals surface area contributed by atoms with Crippen molar-refractivity contribution in [3.63, 3.8) is 0 Å². The Morgan fingerprint density at radius 2 is 1.75 bits per heavy atom. The number of alkyl halides is 3. The number of halogens is 3. The molecule has 1 unspecified atom stereocenters. The van der Waals surface area contributed by atoms with Gasteiger partial charge in [-0.05, 0) is 12.8 Å². The zero-order valence-corrected chi connectivity index (χ0v) is 9.17. The Morgan fingerprint density at radius 3 is 1.88 bits per heavy atom. The van der Waals surface area contributed by atoms with Crippen molar-refractivity contribution < 1.29 is 0 Å². The monoisotopic (exact) mass is 305 g/mol. The lowest BCUT2D eigenvalue weighted by Gasteiger charge is -2.05. The largest absolute Gasteiger partial charge is 0.0890 e. The Morgan fingerprint density at radius 1 is 1.25 bits per heavy atom. The molecule has 49 valence electrons. The van der Waals surface area contributed by atoms with Gasteiger partial charge < -0.3 is 0 Å². The fraction of sp³-hybridized carbons (Fsp3) is 0.800. The molecule has 3 heteroatoms. The SMILES string of the molecule is [CH2]CC(Br)CC(Br)Br. The summed E-state index contributed by atoms with van der Waals surface area (Å²) >= 11 is 10.2. The Balaban J connectivity index is 3.10. The molecule has 0 heterocycles. The quantitative estimate of drug-likeness (QED) is 0.700. The second kappa shape index (κ2) is 5.24. The number of rotatable bonds is 3. The van der Waals surface area contributed by atoms with Crippen LogP contribution in [-0.4, -0.2) is 8.56 Å². The summed E-state index contributed by atoms with van der Waals surface area (Å²) in [7, 11) is 0. The van der Waals surface area contributed by atoms with Crippen LogP contribution >= 0.6 is 47.8 Å². The van der Waals surface area contributed by atoms with Crippen molar-refractivity contribution in [2.45, 2.75) is 21.4 Å². The fourth-order valence-corrected chi connectivity index (χ4v) is 2.59. The molecule has 1 radical (unpaired) electrons. The lowest BCUT2D eigenvalue weighted by atomic mass is 10.3. The molecule has 0 saturated heterocycles. The molecular formula is C5H8Br3. The molecule has 0 nitrogen and oxygen atoms in total. The molecule has 1 atom stereocenters. The van der Waals surface area contributed by atoms with Crippen molar-refractivity contribution in [2.24, 2.45) is 0 Å². The minimum absolute atomic E-state index is 0.418. The normalized spacial score (nSPS) is 14.6. The first-order valence-corrected chi connectivity index (χ1v) is 5.13. The number of hydrogen-bond donors (Lipinski definition) is 0. The van der Waals surface area contributed by atoms with Gasteiger partial charge in [0.1, 0.15) is 0 Å². The van der Waals surface area contributed by atoms with Crippen LogP contribution in [0.1, 0.15) is 12.8 Å². The van der Waals surface area contributed by atoms with E-state index in [9.17, 15) is 0 Å². The lowest BCUT2D eigenvalue weighted by Crippen LogP contribution is -1.99. The van der Waals surface area contributed by atoms with E-state index in [-0.39, 0.29) is 0 Å². The topological polar surface area (TPSA) is 0 Å². The van der Waals surface area contributed by atoms with Gasteiger partial charge in [-0.2, -0.15) is 0 Å². The molecule has 0 aliphatic rings. The van der Waals surface area contributed by atoms with Crippen molar-refractivity contribution in [1.82, 2.24) is 0 Å². The van der Waals surface area contributed by atoms with Crippen LogP contribution in [0.25, 0.3) is 0 Å². The van der Waals surface area contributed by atoms with Gasteiger partial charge in [-0.3, -0.25) is 0 Å². The zero-order valence-electron chi connectivity index (χ0n) is 4.41. The third-order valence-electron chi connectivity index (χ3n) is 0.747. The van der Waals surface area contributed by atoms with Crippen LogP contribution in [-0.2, 0) is 0 Å². The van der Waals surface area contributed by atoms with Crippen molar-refractivity contribution in [1.29, 1.82) is 0 Å². The molecule has 0 aliphatic heterocycles. The average molecular weight is 308 g/mol. The molecule has 0 amide bonds. The summed E-state index contributed by atoms with van der Waals surface area (Å²) in [6.07, 6.45) is 2.01. The first-order chi connectivity index (χ1) is 3.66. The van der Waals surface area contributed by atoms with Crippen molar-refractivity contribution in [3.05, 3.63) is 6.92 Å². The van der Waals surface area contributed by atoms with Crippen LogP contribution in [0.3, 0.4) is 0 Å². The lowest BCUT2D eigenvalue weighted by molar-refractivity contribution is 0.846. The second-order valence-corrected chi connectivity index (χ2v) is 6.25. The third kappa shape index (κ3) is 5.57. The molecule has 0 saturated carbocycles. The van der Waals surface area contributed by atoms with Gasteiger partial charge in [0.15, 0.2) is 0 Å². The molecular weight excluding hydrogens is 300 g/mol. The van der Waals surface area contributed by atoms with Gasteiger partial charge in [0.2, 0.25) is 0 Å². The van der Waals surface area contributed by atoms with Gasteiger partial charge in [-0.15, -0.1) is 0 Å². The van der Waals surface area contributed by atoms with Crippen LogP contribution in [0.2, 0.25) is 0 Å². The maximum absolute atomic E-state index is 3.75. The minimum atomic E-state index is 0.418. The van der Waals surface area contributed by atoms with Crippen LogP contribution in [0, 0.1) is 6.92 Å². The highest BCUT2D eigenvalue weighted by Gasteiger charge is 2.04. The summed E-state index contributed by atoms with van der Waals surface area (Å²) in [4.78, 5) is 0.534. The predicted octanol–water partition coefficient (Wildman–Crippen LogP) is 3.48. The van der Waals surface area contributed by atoms with Crippen molar-refractivity contribution >= 4 is 47.8 Å². The van der Waals surface area contributed by atoms with Crippen molar-refractivity contribution in [3.8, 4) is 0 Å². The molecule has 0 N–H and O–H groups in total. The summed E-state index contributed by atoms with van der Waals surface area (Å²) in [5.74, 6) is 0. The van der Waals surface area contributed by atoms with Gasteiger partial charge in [-0.1, -0.05) is 54.7 Å². The van der Waals surface area contributed by atoms with E-state index in [0.29, 0.717) is 8.56 Å². The number of hydrogen-bond acceptors (Lipinski definition) is 0. The van der Waals surface area contributed by atoms with Crippen LogP contribution in [0.15, 0.2) is 0 Å². The maximum Gasteiger partial charge on any atom is 0.0708 e. The van der Waals surface area contributed by atoms with E-state index in [4.69, 9.17) is 0 Å².